The Morgan fingerprint density at radius 1 is 1.14 bits per heavy atom. The molecule has 1 aromatic carbocycles. The predicted molar refractivity (Wildman–Crippen MR) is 86.8 cm³/mol. The van der Waals surface area contributed by atoms with E-state index in [1.807, 2.05) is 12.1 Å². The van der Waals surface area contributed by atoms with Gasteiger partial charge in [0.1, 0.15) is 0 Å². The number of hydrogen-bond donors (Lipinski definition) is 2. The summed E-state index contributed by atoms with van der Waals surface area (Å²) in [4.78, 5) is 2.60. The third kappa shape index (κ3) is 5.74. The Bertz CT molecular complexity index is 517. The van der Waals surface area contributed by atoms with Crippen molar-refractivity contribution in [3.05, 3.63) is 29.8 Å². The molecule has 21 heavy (non-hydrogen) atoms. The zero-order valence-corrected chi connectivity index (χ0v) is 14.0. The average Bonchev–Trinajstić information content (AvgIpc) is 2.47. The summed E-state index contributed by atoms with van der Waals surface area (Å²) in [5.41, 5.74) is 0.786. The molecule has 5 nitrogen and oxygen atoms in total. The van der Waals surface area contributed by atoms with E-state index >= 15 is 0 Å². The molecule has 0 saturated heterocycles. The molecule has 0 radical (unpaired) electrons. The Kier molecular flexibility index (Phi) is 7.88. The minimum atomic E-state index is -3.45. The molecule has 0 bridgehead atoms. The highest BCUT2D eigenvalue weighted by Crippen LogP contribution is 2.14. The number of likely N-dealkylation sites (N-methyl/N-ethyl adjacent to an activating group) is 1. The lowest BCUT2D eigenvalue weighted by molar-refractivity contribution is 0.293. The van der Waals surface area contributed by atoms with Crippen LogP contribution in [0.2, 0.25) is 0 Å². The number of nitrogens with zero attached hydrogens (tertiary/aromatic N) is 1. The standard InChI is InChI=1S/C15H27N3O2S/c1-4-11-18(5-2)12-10-17-21(19,20)15-9-7-6-8-14(15)13-16-3/h6-9,16-17H,4-5,10-13H2,1-3H3. The zero-order valence-electron chi connectivity index (χ0n) is 13.2. The molecule has 6 heteroatoms. The third-order valence-corrected chi connectivity index (χ3v) is 4.90. The summed E-state index contributed by atoms with van der Waals surface area (Å²) in [7, 11) is -1.64. The van der Waals surface area contributed by atoms with Crippen molar-refractivity contribution in [3.8, 4) is 0 Å². The van der Waals surface area contributed by atoms with Gasteiger partial charge in [-0.1, -0.05) is 32.0 Å². The van der Waals surface area contributed by atoms with Crippen LogP contribution in [0.1, 0.15) is 25.8 Å². The fourth-order valence-electron chi connectivity index (χ4n) is 2.26. The Balaban J connectivity index is 2.69. The molecular weight excluding hydrogens is 286 g/mol. The molecule has 2 N–H and O–H groups in total. The van der Waals surface area contributed by atoms with Crippen LogP contribution in [0.5, 0.6) is 0 Å². The average molecular weight is 313 g/mol. The molecule has 0 saturated carbocycles. The lowest BCUT2D eigenvalue weighted by atomic mass is 10.2. The second-order valence-electron chi connectivity index (χ2n) is 4.97. The molecule has 0 amide bonds. The first-order valence-electron chi connectivity index (χ1n) is 7.49. The Labute approximate surface area is 128 Å². The Hall–Kier alpha value is -0.950. The first kappa shape index (κ1) is 18.1. The van der Waals surface area contributed by atoms with E-state index in [1.54, 1.807) is 19.2 Å². The van der Waals surface area contributed by atoms with Crippen molar-refractivity contribution in [2.75, 3.05) is 33.2 Å². The number of rotatable bonds is 10. The quantitative estimate of drug-likeness (QED) is 0.686. The smallest absolute Gasteiger partial charge is 0.240 e. The number of sulfonamides is 1. The monoisotopic (exact) mass is 313 g/mol. The van der Waals surface area contributed by atoms with Gasteiger partial charge in [0.25, 0.3) is 0 Å². The highest BCUT2D eigenvalue weighted by atomic mass is 32.2. The van der Waals surface area contributed by atoms with Gasteiger partial charge in [0.15, 0.2) is 0 Å². The van der Waals surface area contributed by atoms with E-state index in [0.717, 1.165) is 31.6 Å². The van der Waals surface area contributed by atoms with Crippen molar-refractivity contribution in [2.24, 2.45) is 0 Å². The molecule has 0 aromatic heterocycles. The predicted octanol–water partition coefficient (Wildman–Crippen LogP) is 1.42. The van der Waals surface area contributed by atoms with Crippen LogP contribution >= 0.6 is 0 Å². The highest BCUT2D eigenvalue weighted by molar-refractivity contribution is 7.89. The lowest BCUT2D eigenvalue weighted by Crippen LogP contribution is -2.35. The van der Waals surface area contributed by atoms with Crippen LogP contribution in [0.3, 0.4) is 0 Å². The van der Waals surface area contributed by atoms with Crippen molar-refractivity contribution in [3.63, 3.8) is 0 Å². The largest absolute Gasteiger partial charge is 0.316 e. The summed E-state index contributed by atoms with van der Waals surface area (Å²) in [5.74, 6) is 0. The molecule has 1 aromatic rings. The van der Waals surface area contributed by atoms with Crippen molar-refractivity contribution in [1.29, 1.82) is 0 Å². The molecule has 0 aliphatic carbocycles. The molecule has 120 valence electrons. The molecular formula is C15H27N3O2S. The van der Waals surface area contributed by atoms with Crippen LogP contribution in [0.15, 0.2) is 29.2 Å². The maximum absolute atomic E-state index is 12.4. The van der Waals surface area contributed by atoms with Crippen LogP contribution in [-0.2, 0) is 16.6 Å². The van der Waals surface area contributed by atoms with Crippen molar-refractivity contribution in [1.82, 2.24) is 14.9 Å². The molecule has 0 aliphatic heterocycles. The zero-order chi connectivity index (χ0) is 15.7. The minimum Gasteiger partial charge on any atom is -0.316 e. The van der Waals surface area contributed by atoms with Gasteiger partial charge in [-0.15, -0.1) is 0 Å². The summed E-state index contributed by atoms with van der Waals surface area (Å²) >= 11 is 0. The van der Waals surface area contributed by atoms with E-state index in [1.165, 1.54) is 0 Å². The fraction of sp³-hybridized carbons (Fsp3) is 0.600. The summed E-state index contributed by atoms with van der Waals surface area (Å²) in [5, 5.41) is 3.00. The van der Waals surface area contributed by atoms with E-state index in [0.29, 0.717) is 18.0 Å². The summed E-state index contributed by atoms with van der Waals surface area (Å²) in [6.45, 7) is 7.85. The molecule has 0 spiro atoms. The Morgan fingerprint density at radius 3 is 2.48 bits per heavy atom. The van der Waals surface area contributed by atoms with E-state index in [2.05, 4.69) is 28.8 Å². The van der Waals surface area contributed by atoms with Gasteiger partial charge < -0.3 is 10.2 Å². The summed E-state index contributed by atoms with van der Waals surface area (Å²) < 4.78 is 27.5. The normalized spacial score (nSPS) is 12.0. The van der Waals surface area contributed by atoms with Gasteiger partial charge in [-0.25, -0.2) is 13.1 Å². The first-order valence-corrected chi connectivity index (χ1v) is 8.98. The number of hydrogen-bond acceptors (Lipinski definition) is 4. The number of nitrogens with one attached hydrogen (secondary N) is 2. The van der Waals surface area contributed by atoms with E-state index in [9.17, 15) is 8.42 Å². The van der Waals surface area contributed by atoms with Gasteiger partial charge in [-0.3, -0.25) is 0 Å². The minimum absolute atomic E-state index is 0.359. The van der Waals surface area contributed by atoms with Crippen LogP contribution in [0.4, 0.5) is 0 Å². The number of benzene rings is 1. The molecule has 0 unspecified atom stereocenters. The first-order chi connectivity index (χ1) is 10.0. The van der Waals surface area contributed by atoms with Crippen LogP contribution in [0, 0.1) is 0 Å². The van der Waals surface area contributed by atoms with Gasteiger partial charge >= 0.3 is 0 Å². The molecule has 1 rings (SSSR count). The van der Waals surface area contributed by atoms with Gasteiger partial charge in [0.2, 0.25) is 10.0 Å². The van der Waals surface area contributed by atoms with E-state index < -0.39 is 10.0 Å². The molecule has 0 fully saturated rings. The fourth-order valence-corrected chi connectivity index (χ4v) is 3.52. The maximum atomic E-state index is 12.4. The second-order valence-corrected chi connectivity index (χ2v) is 6.71. The van der Waals surface area contributed by atoms with Gasteiger partial charge in [-0.2, -0.15) is 0 Å². The Morgan fingerprint density at radius 2 is 1.86 bits per heavy atom. The summed E-state index contributed by atoms with van der Waals surface area (Å²) in [6.07, 6.45) is 1.07. The van der Waals surface area contributed by atoms with Gasteiger partial charge in [0, 0.05) is 19.6 Å². The summed E-state index contributed by atoms with van der Waals surface area (Å²) in [6, 6.07) is 7.09. The lowest BCUT2D eigenvalue weighted by Gasteiger charge is -2.19. The van der Waals surface area contributed by atoms with Crippen molar-refractivity contribution < 1.29 is 8.42 Å². The van der Waals surface area contributed by atoms with Crippen LogP contribution in [-0.4, -0.2) is 46.5 Å². The molecule has 0 heterocycles. The van der Waals surface area contributed by atoms with Crippen molar-refractivity contribution in [2.45, 2.75) is 31.7 Å². The van der Waals surface area contributed by atoms with Crippen molar-refractivity contribution >= 4 is 10.0 Å². The third-order valence-electron chi connectivity index (χ3n) is 3.34. The molecule has 0 atom stereocenters. The van der Waals surface area contributed by atoms with Gasteiger partial charge in [-0.05, 0) is 38.2 Å². The van der Waals surface area contributed by atoms with E-state index in [4.69, 9.17) is 0 Å². The second kappa shape index (κ2) is 9.15. The highest BCUT2D eigenvalue weighted by Gasteiger charge is 2.17. The van der Waals surface area contributed by atoms with Crippen LogP contribution in [0.25, 0.3) is 0 Å². The molecule has 0 aliphatic rings. The van der Waals surface area contributed by atoms with Crippen LogP contribution < -0.4 is 10.0 Å². The topological polar surface area (TPSA) is 61.4 Å². The maximum Gasteiger partial charge on any atom is 0.240 e. The van der Waals surface area contributed by atoms with Gasteiger partial charge in [0.05, 0.1) is 4.90 Å². The SMILES string of the molecule is CCCN(CC)CCNS(=O)(=O)c1ccccc1CNC. The van der Waals surface area contributed by atoms with E-state index in [-0.39, 0.29) is 0 Å².